The lowest BCUT2D eigenvalue weighted by molar-refractivity contribution is -0.126. The zero-order chi connectivity index (χ0) is 14.7. The maximum absolute atomic E-state index is 12.2. The van der Waals surface area contributed by atoms with E-state index in [1.165, 1.54) is 18.2 Å². The normalized spacial score (nSPS) is 14.4. The van der Waals surface area contributed by atoms with E-state index in [1.54, 1.807) is 13.0 Å². The minimum absolute atomic E-state index is 0.114. The highest BCUT2D eigenvalue weighted by atomic mass is 32.2. The van der Waals surface area contributed by atoms with Gasteiger partial charge in [0.15, 0.2) is 0 Å². The summed E-state index contributed by atoms with van der Waals surface area (Å²) >= 11 is 0. The van der Waals surface area contributed by atoms with Gasteiger partial charge in [-0.05, 0) is 24.1 Å². The van der Waals surface area contributed by atoms with Crippen LogP contribution in [-0.2, 0) is 10.0 Å². The quantitative estimate of drug-likeness (QED) is 0.872. The molecule has 0 fully saturated rings. The van der Waals surface area contributed by atoms with Gasteiger partial charge in [0.2, 0.25) is 10.0 Å². The van der Waals surface area contributed by atoms with Crippen LogP contribution in [0.15, 0.2) is 29.2 Å². The molecule has 0 saturated heterocycles. The number of primary sulfonamides is 1. The Morgan fingerprint density at radius 3 is 2.47 bits per heavy atom. The van der Waals surface area contributed by atoms with Crippen LogP contribution in [0.1, 0.15) is 24.9 Å². The summed E-state index contributed by atoms with van der Waals surface area (Å²) in [6.45, 7) is 0.572. The second-order valence-electron chi connectivity index (χ2n) is 4.07. The summed E-state index contributed by atoms with van der Waals surface area (Å²) in [5, 5.41) is 7.33. The number of nitrogens with one attached hydrogen (secondary N) is 1. The number of halogens is 3. The van der Waals surface area contributed by atoms with E-state index < -0.39 is 28.8 Å². The molecular formula is C11H15F3N2O2S. The van der Waals surface area contributed by atoms with E-state index in [-0.39, 0.29) is 4.90 Å². The predicted molar refractivity (Wildman–Crippen MR) is 64.9 cm³/mol. The topological polar surface area (TPSA) is 72.2 Å². The molecule has 0 spiro atoms. The number of rotatable bonds is 5. The smallest absolute Gasteiger partial charge is 0.302 e. The number of hydrogen-bond donors (Lipinski definition) is 2. The molecule has 1 rings (SSSR count). The third-order valence-corrected chi connectivity index (χ3v) is 3.46. The average molecular weight is 296 g/mol. The molecule has 108 valence electrons. The monoisotopic (exact) mass is 296 g/mol. The highest BCUT2D eigenvalue weighted by Gasteiger charge is 2.28. The molecule has 3 N–H and O–H groups in total. The van der Waals surface area contributed by atoms with Crippen LogP contribution in [0, 0.1) is 0 Å². The number of benzene rings is 1. The largest absolute Gasteiger partial charge is 0.401 e. The molecule has 8 heteroatoms. The number of hydrogen-bond acceptors (Lipinski definition) is 3. The van der Waals surface area contributed by atoms with Gasteiger partial charge >= 0.3 is 6.18 Å². The van der Waals surface area contributed by atoms with Crippen molar-refractivity contribution in [2.75, 3.05) is 6.54 Å². The van der Waals surface area contributed by atoms with E-state index in [2.05, 4.69) is 5.32 Å². The Morgan fingerprint density at radius 1 is 1.37 bits per heavy atom. The number of sulfonamides is 1. The fourth-order valence-corrected chi connectivity index (χ4v) is 2.21. The molecule has 4 nitrogen and oxygen atoms in total. The van der Waals surface area contributed by atoms with E-state index in [1.807, 2.05) is 0 Å². The maximum Gasteiger partial charge on any atom is 0.401 e. The number of nitrogens with two attached hydrogens (primary N) is 1. The lowest BCUT2D eigenvalue weighted by Crippen LogP contribution is -2.32. The van der Waals surface area contributed by atoms with Crippen molar-refractivity contribution < 1.29 is 21.6 Å². The molecule has 0 heterocycles. The Bertz CT molecular complexity index is 529. The molecule has 0 amide bonds. The van der Waals surface area contributed by atoms with Gasteiger partial charge in [0.1, 0.15) is 0 Å². The Labute approximate surface area is 109 Å². The van der Waals surface area contributed by atoms with E-state index in [9.17, 15) is 21.6 Å². The van der Waals surface area contributed by atoms with Gasteiger partial charge in [-0.1, -0.05) is 19.1 Å². The molecule has 0 unspecified atom stereocenters. The third kappa shape index (κ3) is 5.17. The van der Waals surface area contributed by atoms with Crippen LogP contribution in [-0.4, -0.2) is 21.1 Å². The molecule has 19 heavy (non-hydrogen) atoms. The predicted octanol–water partition coefficient (Wildman–Crippen LogP) is 1.94. The summed E-state index contributed by atoms with van der Waals surface area (Å²) in [6.07, 6.45) is -3.92. The zero-order valence-electron chi connectivity index (χ0n) is 10.2. The fraction of sp³-hybridized carbons (Fsp3) is 0.455. The summed E-state index contributed by atoms with van der Waals surface area (Å²) in [6, 6.07) is 5.02. The van der Waals surface area contributed by atoms with E-state index in [0.29, 0.717) is 12.0 Å². The zero-order valence-corrected chi connectivity index (χ0v) is 11.1. The van der Waals surface area contributed by atoms with Gasteiger partial charge in [0.25, 0.3) is 0 Å². The van der Waals surface area contributed by atoms with Crippen LogP contribution in [0.5, 0.6) is 0 Å². The first-order chi connectivity index (χ1) is 8.63. The molecule has 1 aromatic rings. The van der Waals surface area contributed by atoms with Crippen LogP contribution in [0.4, 0.5) is 13.2 Å². The van der Waals surface area contributed by atoms with Gasteiger partial charge in [-0.15, -0.1) is 0 Å². The van der Waals surface area contributed by atoms with Crippen LogP contribution in [0.3, 0.4) is 0 Å². The molecule has 0 aliphatic carbocycles. The molecular weight excluding hydrogens is 281 g/mol. The Balaban J connectivity index is 2.93. The first kappa shape index (κ1) is 15.9. The van der Waals surface area contributed by atoms with Crippen molar-refractivity contribution in [3.63, 3.8) is 0 Å². The maximum atomic E-state index is 12.2. The minimum atomic E-state index is -4.31. The summed E-state index contributed by atoms with van der Waals surface area (Å²) in [5.41, 5.74) is 0.457. The summed E-state index contributed by atoms with van der Waals surface area (Å²) < 4.78 is 58.9. The molecule has 0 aliphatic rings. The second kappa shape index (κ2) is 5.89. The van der Waals surface area contributed by atoms with Crippen molar-refractivity contribution in [1.82, 2.24) is 5.32 Å². The van der Waals surface area contributed by atoms with Gasteiger partial charge in [-0.2, -0.15) is 13.2 Å². The molecule has 0 bridgehead atoms. The van der Waals surface area contributed by atoms with Crippen molar-refractivity contribution in [2.24, 2.45) is 5.14 Å². The van der Waals surface area contributed by atoms with Crippen LogP contribution in [0.2, 0.25) is 0 Å². The summed E-state index contributed by atoms with van der Waals surface area (Å²) in [4.78, 5) is -0.114. The second-order valence-corrected chi connectivity index (χ2v) is 5.64. The van der Waals surface area contributed by atoms with Crippen LogP contribution < -0.4 is 10.5 Å². The van der Waals surface area contributed by atoms with Gasteiger partial charge in [0, 0.05) is 6.04 Å². The SMILES string of the molecule is CC[C@@H](NCC(F)(F)F)c1cccc(S(N)(=O)=O)c1. The molecule has 0 aliphatic heterocycles. The van der Waals surface area contributed by atoms with Crippen molar-refractivity contribution in [3.05, 3.63) is 29.8 Å². The molecule has 1 atom stereocenters. The standard InChI is InChI=1S/C11H15F3N2O2S/c1-2-10(16-7-11(12,13)14)8-4-3-5-9(6-8)19(15,17)18/h3-6,10,16H,2,7H2,1H3,(H2,15,17,18)/t10-/m1/s1. The average Bonchev–Trinajstić information content (AvgIpc) is 2.27. The fourth-order valence-electron chi connectivity index (χ4n) is 1.65. The molecule has 0 aromatic heterocycles. The van der Waals surface area contributed by atoms with Crippen molar-refractivity contribution in [1.29, 1.82) is 0 Å². The number of alkyl halides is 3. The van der Waals surface area contributed by atoms with Gasteiger partial charge in [-0.25, -0.2) is 13.6 Å². The molecule has 1 aromatic carbocycles. The lowest BCUT2D eigenvalue weighted by atomic mass is 10.0. The molecule has 0 radical (unpaired) electrons. The van der Waals surface area contributed by atoms with Crippen LogP contribution >= 0.6 is 0 Å². The van der Waals surface area contributed by atoms with Crippen LogP contribution in [0.25, 0.3) is 0 Å². The lowest BCUT2D eigenvalue weighted by Gasteiger charge is -2.19. The minimum Gasteiger partial charge on any atom is -0.302 e. The summed E-state index contributed by atoms with van der Waals surface area (Å²) in [5.74, 6) is 0. The third-order valence-electron chi connectivity index (χ3n) is 2.55. The highest BCUT2D eigenvalue weighted by molar-refractivity contribution is 7.89. The first-order valence-corrected chi connectivity index (χ1v) is 7.11. The van der Waals surface area contributed by atoms with Crippen molar-refractivity contribution in [3.8, 4) is 0 Å². The van der Waals surface area contributed by atoms with Gasteiger partial charge < -0.3 is 5.32 Å². The van der Waals surface area contributed by atoms with E-state index >= 15 is 0 Å². The van der Waals surface area contributed by atoms with E-state index in [4.69, 9.17) is 5.14 Å². The molecule has 0 saturated carbocycles. The Kier molecular flexibility index (Phi) is 4.94. The Morgan fingerprint density at radius 2 is 2.00 bits per heavy atom. The van der Waals surface area contributed by atoms with Crippen molar-refractivity contribution in [2.45, 2.75) is 30.5 Å². The van der Waals surface area contributed by atoms with Gasteiger partial charge in [-0.3, -0.25) is 0 Å². The van der Waals surface area contributed by atoms with Gasteiger partial charge in [0.05, 0.1) is 11.4 Å². The first-order valence-electron chi connectivity index (χ1n) is 5.56. The summed E-state index contributed by atoms with van der Waals surface area (Å²) in [7, 11) is -3.86. The van der Waals surface area contributed by atoms with Crippen molar-refractivity contribution >= 4 is 10.0 Å². The Hall–Kier alpha value is -1.12. The highest BCUT2D eigenvalue weighted by Crippen LogP contribution is 2.21. The van der Waals surface area contributed by atoms with E-state index in [0.717, 1.165) is 0 Å².